The molecule has 2 rings (SSSR count). The number of alkyl halides is 3. The van der Waals surface area contributed by atoms with E-state index in [4.69, 9.17) is 0 Å². The van der Waals surface area contributed by atoms with Gasteiger partial charge in [-0.25, -0.2) is 0 Å². The third kappa shape index (κ3) is 5.40. The molecule has 0 unspecified atom stereocenters. The maximum absolute atomic E-state index is 12.3. The number of para-hydroxylation sites is 1. The van der Waals surface area contributed by atoms with Crippen molar-refractivity contribution in [3.8, 4) is 0 Å². The molecule has 2 N–H and O–H groups in total. The Balaban J connectivity index is 1.92. The van der Waals surface area contributed by atoms with E-state index in [0.717, 1.165) is 12.8 Å². The first-order valence-corrected chi connectivity index (χ1v) is 7.78. The molecule has 0 aliphatic heterocycles. The van der Waals surface area contributed by atoms with Gasteiger partial charge in [-0.05, 0) is 36.5 Å². The Kier molecular flexibility index (Phi) is 6.00. The number of hydrogen-bond acceptors (Lipinski definition) is 2. The molecule has 0 heterocycles. The van der Waals surface area contributed by atoms with Crippen LogP contribution in [-0.4, -0.2) is 18.0 Å². The average molecular weight is 340 g/mol. The van der Waals surface area contributed by atoms with Crippen LogP contribution >= 0.6 is 0 Å². The lowest BCUT2D eigenvalue weighted by Gasteiger charge is -2.12. The first-order chi connectivity index (χ1) is 11.4. The highest BCUT2D eigenvalue weighted by Gasteiger charge is 2.38. The molecule has 1 aromatic rings. The van der Waals surface area contributed by atoms with Gasteiger partial charge in [-0.2, -0.15) is 13.2 Å². The molecule has 7 heteroatoms. The van der Waals surface area contributed by atoms with Gasteiger partial charge in [-0.1, -0.05) is 37.1 Å². The zero-order valence-corrected chi connectivity index (χ0v) is 13.0. The van der Waals surface area contributed by atoms with E-state index in [0.29, 0.717) is 11.5 Å². The highest BCUT2D eigenvalue weighted by atomic mass is 19.4. The van der Waals surface area contributed by atoms with Crippen molar-refractivity contribution in [3.05, 3.63) is 42.0 Å². The molecule has 1 fully saturated rings. The topological polar surface area (TPSA) is 58.2 Å². The number of rotatable bonds is 5. The van der Waals surface area contributed by atoms with Gasteiger partial charge in [0.25, 0.3) is 0 Å². The largest absolute Gasteiger partial charge is 0.471 e. The van der Waals surface area contributed by atoms with Crippen molar-refractivity contribution in [3.63, 3.8) is 0 Å². The minimum absolute atomic E-state index is 0.0277. The van der Waals surface area contributed by atoms with Crippen LogP contribution in [0.2, 0.25) is 0 Å². The third-order valence-electron chi connectivity index (χ3n) is 3.90. The van der Waals surface area contributed by atoms with E-state index >= 15 is 0 Å². The van der Waals surface area contributed by atoms with Crippen molar-refractivity contribution in [1.82, 2.24) is 5.32 Å². The van der Waals surface area contributed by atoms with Gasteiger partial charge in [0.1, 0.15) is 0 Å². The lowest BCUT2D eigenvalue weighted by Crippen LogP contribution is -2.30. The molecule has 0 spiro atoms. The summed E-state index contributed by atoms with van der Waals surface area (Å²) in [6, 6.07) is 6.04. The van der Waals surface area contributed by atoms with Crippen molar-refractivity contribution in [1.29, 1.82) is 0 Å². The predicted molar refractivity (Wildman–Crippen MR) is 84.1 cm³/mol. The van der Waals surface area contributed by atoms with E-state index in [-0.39, 0.29) is 18.1 Å². The lowest BCUT2D eigenvalue weighted by molar-refractivity contribution is -0.167. The van der Waals surface area contributed by atoms with E-state index in [2.05, 4.69) is 5.32 Å². The Labute approximate surface area is 138 Å². The first-order valence-electron chi connectivity index (χ1n) is 7.78. The monoisotopic (exact) mass is 340 g/mol. The van der Waals surface area contributed by atoms with Gasteiger partial charge in [-0.15, -0.1) is 0 Å². The number of carbonyl (C=O) groups excluding carboxylic acids is 2. The van der Waals surface area contributed by atoms with Crippen LogP contribution in [0.3, 0.4) is 0 Å². The number of halogens is 3. The van der Waals surface area contributed by atoms with Gasteiger partial charge < -0.3 is 10.6 Å². The molecule has 1 saturated carbocycles. The smallest absolute Gasteiger partial charge is 0.348 e. The number of amides is 2. The number of carbonyl (C=O) groups is 2. The fourth-order valence-corrected chi connectivity index (χ4v) is 2.60. The van der Waals surface area contributed by atoms with E-state index in [1.165, 1.54) is 31.1 Å². The summed E-state index contributed by atoms with van der Waals surface area (Å²) in [7, 11) is 0. The van der Waals surface area contributed by atoms with Crippen molar-refractivity contribution in [2.45, 2.75) is 38.4 Å². The second-order valence-corrected chi connectivity index (χ2v) is 5.73. The van der Waals surface area contributed by atoms with E-state index in [1.54, 1.807) is 12.1 Å². The third-order valence-corrected chi connectivity index (χ3v) is 3.90. The van der Waals surface area contributed by atoms with Crippen LogP contribution in [0.15, 0.2) is 36.4 Å². The zero-order valence-electron chi connectivity index (χ0n) is 13.0. The quantitative estimate of drug-likeness (QED) is 0.806. The fourth-order valence-electron chi connectivity index (χ4n) is 2.60. The molecule has 0 radical (unpaired) electrons. The van der Waals surface area contributed by atoms with Crippen molar-refractivity contribution in [2.24, 2.45) is 5.92 Å². The van der Waals surface area contributed by atoms with E-state index in [9.17, 15) is 22.8 Å². The van der Waals surface area contributed by atoms with Crippen LogP contribution in [-0.2, 0) is 16.1 Å². The number of allylic oxidation sites excluding steroid dienone is 1. The van der Waals surface area contributed by atoms with Gasteiger partial charge in [0.15, 0.2) is 0 Å². The summed E-state index contributed by atoms with van der Waals surface area (Å²) < 4.78 is 37.0. The molecule has 0 bridgehead atoms. The van der Waals surface area contributed by atoms with Gasteiger partial charge in [0.05, 0.1) is 0 Å². The molecule has 2 amide bonds. The first kappa shape index (κ1) is 18.0. The van der Waals surface area contributed by atoms with Gasteiger partial charge in [0, 0.05) is 12.2 Å². The highest BCUT2D eigenvalue weighted by molar-refractivity contribution is 5.95. The summed E-state index contributed by atoms with van der Waals surface area (Å²) in [5.41, 5.74) is 0.428. The summed E-state index contributed by atoms with van der Waals surface area (Å²) in [6.07, 6.45) is 2.88. The zero-order chi connectivity index (χ0) is 17.6. The number of hydrogen-bond donors (Lipinski definition) is 2. The molecular formula is C17H19F3N2O2. The average Bonchev–Trinajstić information content (AvgIpc) is 3.04. The van der Waals surface area contributed by atoms with E-state index in [1.807, 2.05) is 11.4 Å². The molecule has 24 heavy (non-hydrogen) atoms. The SMILES string of the molecule is O=C(/C=C/C1CCCC1)NCc1ccccc1NC(=O)C(F)(F)F. The molecule has 0 atom stereocenters. The maximum atomic E-state index is 12.3. The van der Waals surface area contributed by atoms with Crippen LogP contribution in [0, 0.1) is 5.92 Å². The van der Waals surface area contributed by atoms with Crippen LogP contribution < -0.4 is 10.6 Å². The molecule has 0 saturated heterocycles. The Hall–Kier alpha value is -2.31. The number of benzene rings is 1. The summed E-state index contributed by atoms with van der Waals surface area (Å²) in [5, 5.41) is 4.43. The molecule has 1 aliphatic carbocycles. The molecule has 4 nitrogen and oxygen atoms in total. The Morgan fingerprint density at radius 2 is 1.83 bits per heavy atom. The second-order valence-electron chi connectivity index (χ2n) is 5.73. The second kappa shape index (κ2) is 7.99. The van der Waals surface area contributed by atoms with Gasteiger partial charge >= 0.3 is 12.1 Å². The maximum Gasteiger partial charge on any atom is 0.471 e. The standard InChI is InChI=1S/C17H19F3N2O2/c18-17(19,20)16(24)22-14-8-4-3-7-13(14)11-21-15(23)10-9-12-5-1-2-6-12/h3-4,7-10,12H,1-2,5-6,11H2,(H,21,23)(H,22,24)/b10-9+. The molecule has 1 aromatic carbocycles. The van der Waals surface area contributed by atoms with Crippen LogP contribution in [0.4, 0.5) is 18.9 Å². The van der Waals surface area contributed by atoms with Crippen molar-refractivity contribution >= 4 is 17.5 Å². The minimum Gasteiger partial charge on any atom is -0.348 e. The fraction of sp³-hybridized carbons (Fsp3) is 0.412. The van der Waals surface area contributed by atoms with E-state index < -0.39 is 12.1 Å². The highest BCUT2D eigenvalue weighted by Crippen LogP contribution is 2.25. The molecular weight excluding hydrogens is 321 g/mol. The van der Waals surface area contributed by atoms with Crippen LogP contribution in [0.25, 0.3) is 0 Å². The minimum atomic E-state index is -4.96. The Bertz CT molecular complexity index is 621. The van der Waals surface area contributed by atoms with Crippen LogP contribution in [0.1, 0.15) is 31.2 Å². The normalized spacial score (nSPS) is 15.6. The number of nitrogens with one attached hydrogen (secondary N) is 2. The lowest BCUT2D eigenvalue weighted by atomic mass is 10.1. The summed E-state index contributed by atoms with van der Waals surface area (Å²) in [5.74, 6) is -1.92. The summed E-state index contributed by atoms with van der Waals surface area (Å²) >= 11 is 0. The Morgan fingerprint density at radius 3 is 2.50 bits per heavy atom. The number of anilines is 1. The summed E-state index contributed by atoms with van der Waals surface area (Å²) in [6.45, 7) is 0.0299. The predicted octanol–water partition coefficient (Wildman–Crippen LogP) is 3.55. The van der Waals surface area contributed by atoms with Gasteiger partial charge in [0.2, 0.25) is 5.91 Å². The molecule has 0 aromatic heterocycles. The van der Waals surface area contributed by atoms with Crippen molar-refractivity contribution in [2.75, 3.05) is 5.32 Å². The van der Waals surface area contributed by atoms with Gasteiger partial charge in [-0.3, -0.25) is 9.59 Å². The summed E-state index contributed by atoms with van der Waals surface area (Å²) in [4.78, 5) is 22.8. The Morgan fingerprint density at radius 1 is 1.17 bits per heavy atom. The molecule has 130 valence electrons. The van der Waals surface area contributed by atoms with Crippen molar-refractivity contribution < 1.29 is 22.8 Å². The van der Waals surface area contributed by atoms with Crippen LogP contribution in [0.5, 0.6) is 0 Å². The molecule has 1 aliphatic rings.